The van der Waals surface area contributed by atoms with Gasteiger partial charge in [-0.3, -0.25) is 9.59 Å². The molecule has 8 unspecified atom stereocenters. The van der Waals surface area contributed by atoms with Crippen molar-refractivity contribution in [1.82, 2.24) is 0 Å². The van der Waals surface area contributed by atoms with E-state index in [1.807, 2.05) is 0 Å². The molecule has 2 bridgehead atoms. The number of hydrogen-bond acceptors (Lipinski definition) is 4. The Kier molecular flexibility index (Phi) is 11.9. The Hall–Kier alpha value is -2.36. The molecule has 250 valence electrons. The monoisotopic (exact) mass is 618 g/mol. The average Bonchev–Trinajstić information content (AvgIpc) is 3.41. The van der Waals surface area contributed by atoms with Crippen molar-refractivity contribution < 1.29 is 19.1 Å². The van der Waals surface area contributed by atoms with E-state index in [4.69, 9.17) is 9.47 Å². The SMILES string of the molecule is CCCC1=CC=CC(CCC)(OC(=O)C2C(C(=O)OC3(CCC)C=CC=C(CCC)C3CCC)C3C=CC2C3(C)C)C1CCC. The topological polar surface area (TPSA) is 52.6 Å². The molecule has 0 radical (unpaired) electrons. The summed E-state index contributed by atoms with van der Waals surface area (Å²) in [5.74, 6) is -1.31. The highest BCUT2D eigenvalue weighted by molar-refractivity contribution is 5.85. The molecule has 0 aromatic rings. The third kappa shape index (κ3) is 6.72. The second-order valence-corrected chi connectivity index (χ2v) is 14.9. The van der Waals surface area contributed by atoms with Crippen LogP contribution in [0.4, 0.5) is 0 Å². The standard InChI is InChI=1S/C41H62O4/c1-9-17-29-21-15-27-40(25-13-5,31(29)19-11-3)44-37(42)35-33-23-24-34(39(33,7)8)36(35)38(43)45-41(26-14-6)28-16-22-30(18-10-2)32(41)20-12-4/h15-16,21-24,27-28,31-36H,9-14,17-20,25-26H2,1-8H3. The van der Waals surface area contributed by atoms with E-state index in [0.717, 1.165) is 77.0 Å². The summed E-state index contributed by atoms with van der Waals surface area (Å²) in [6.45, 7) is 17.6. The molecule has 0 aliphatic heterocycles. The molecule has 4 heteroatoms. The summed E-state index contributed by atoms with van der Waals surface area (Å²) in [5.41, 5.74) is 1.20. The van der Waals surface area contributed by atoms with E-state index in [9.17, 15) is 9.59 Å². The minimum Gasteiger partial charge on any atom is -0.454 e. The lowest BCUT2D eigenvalue weighted by molar-refractivity contribution is -0.179. The predicted octanol–water partition coefficient (Wildman–Crippen LogP) is 10.7. The normalized spacial score (nSPS) is 34.5. The number of carbonyl (C=O) groups is 2. The minimum absolute atomic E-state index is 0.0555. The van der Waals surface area contributed by atoms with Gasteiger partial charge in [-0.15, -0.1) is 0 Å². The van der Waals surface area contributed by atoms with Crippen LogP contribution < -0.4 is 0 Å². The molecule has 0 amide bonds. The van der Waals surface area contributed by atoms with Gasteiger partial charge in [0.25, 0.3) is 0 Å². The Balaban J connectivity index is 1.69. The van der Waals surface area contributed by atoms with Crippen LogP contribution in [0.1, 0.15) is 132 Å². The van der Waals surface area contributed by atoms with Crippen molar-refractivity contribution in [3.8, 4) is 0 Å². The maximum atomic E-state index is 14.7. The van der Waals surface area contributed by atoms with Gasteiger partial charge in [0.15, 0.2) is 0 Å². The van der Waals surface area contributed by atoms with E-state index in [1.165, 1.54) is 11.1 Å². The molecule has 0 aromatic carbocycles. The van der Waals surface area contributed by atoms with Crippen molar-refractivity contribution in [2.24, 2.45) is 40.9 Å². The number of hydrogen-bond donors (Lipinski definition) is 0. The quantitative estimate of drug-likeness (QED) is 0.128. The van der Waals surface area contributed by atoms with Crippen molar-refractivity contribution in [3.05, 3.63) is 59.8 Å². The predicted molar refractivity (Wildman–Crippen MR) is 185 cm³/mol. The summed E-state index contributed by atoms with van der Waals surface area (Å²) in [4.78, 5) is 29.3. The fourth-order valence-electron chi connectivity index (χ4n) is 9.57. The molecule has 45 heavy (non-hydrogen) atoms. The molecule has 0 heterocycles. The fraction of sp³-hybridized carbons (Fsp3) is 0.707. The number of carbonyl (C=O) groups excluding carboxylic acids is 2. The van der Waals surface area contributed by atoms with Gasteiger partial charge in [-0.05, 0) is 67.9 Å². The number of ether oxygens (including phenoxy) is 2. The van der Waals surface area contributed by atoms with E-state index >= 15 is 0 Å². The molecule has 0 saturated heterocycles. The third-order valence-electron chi connectivity index (χ3n) is 11.5. The van der Waals surface area contributed by atoms with E-state index < -0.39 is 23.0 Å². The largest absolute Gasteiger partial charge is 0.454 e. The Morgan fingerprint density at radius 2 is 1.02 bits per heavy atom. The van der Waals surface area contributed by atoms with Gasteiger partial charge in [-0.2, -0.15) is 0 Å². The number of allylic oxidation sites excluding steroid dienone is 6. The summed E-state index contributed by atoms with van der Waals surface area (Å²) in [6, 6.07) is 0. The first-order valence-corrected chi connectivity index (χ1v) is 18.5. The Labute approximate surface area is 274 Å². The summed E-state index contributed by atoms with van der Waals surface area (Å²) in [6.07, 6.45) is 28.9. The molecule has 4 nitrogen and oxygen atoms in total. The molecule has 8 atom stereocenters. The molecular formula is C41H62O4. The number of fused-ring (bicyclic) bond motifs is 2. The second-order valence-electron chi connectivity index (χ2n) is 14.9. The highest BCUT2D eigenvalue weighted by Gasteiger charge is 2.64. The van der Waals surface area contributed by atoms with Crippen LogP contribution in [0.3, 0.4) is 0 Å². The van der Waals surface area contributed by atoms with Gasteiger partial charge < -0.3 is 9.47 Å². The first kappa shape index (κ1) is 35.5. The second kappa shape index (κ2) is 15.0. The van der Waals surface area contributed by atoms with Crippen LogP contribution in [-0.2, 0) is 19.1 Å². The molecule has 4 aliphatic carbocycles. The smallest absolute Gasteiger partial charge is 0.311 e. The van der Waals surface area contributed by atoms with Crippen LogP contribution in [-0.4, -0.2) is 23.1 Å². The summed E-state index contributed by atoms with van der Waals surface area (Å²) >= 11 is 0. The first-order chi connectivity index (χ1) is 21.6. The van der Waals surface area contributed by atoms with Gasteiger partial charge in [0.05, 0.1) is 11.8 Å². The van der Waals surface area contributed by atoms with E-state index in [1.54, 1.807) is 0 Å². The zero-order valence-corrected chi connectivity index (χ0v) is 29.7. The van der Waals surface area contributed by atoms with Crippen LogP contribution in [0.25, 0.3) is 0 Å². The lowest BCUT2D eigenvalue weighted by Gasteiger charge is -2.44. The number of rotatable bonds is 16. The molecule has 0 aromatic heterocycles. The Morgan fingerprint density at radius 1 is 0.622 bits per heavy atom. The van der Waals surface area contributed by atoms with Gasteiger partial charge in [0.1, 0.15) is 11.2 Å². The van der Waals surface area contributed by atoms with Crippen molar-refractivity contribution in [2.45, 2.75) is 144 Å². The van der Waals surface area contributed by atoms with E-state index in [0.29, 0.717) is 0 Å². The van der Waals surface area contributed by atoms with E-state index in [2.05, 4.69) is 104 Å². The van der Waals surface area contributed by atoms with E-state index in [-0.39, 0.29) is 41.0 Å². The summed E-state index contributed by atoms with van der Waals surface area (Å²) < 4.78 is 13.6. The molecule has 0 spiro atoms. The first-order valence-electron chi connectivity index (χ1n) is 18.5. The van der Waals surface area contributed by atoms with Crippen molar-refractivity contribution in [1.29, 1.82) is 0 Å². The zero-order chi connectivity index (χ0) is 32.8. The molecule has 1 fully saturated rings. The molecule has 4 aliphatic rings. The van der Waals surface area contributed by atoms with Crippen LogP contribution >= 0.6 is 0 Å². The summed E-state index contributed by atoms with van der Waals surface area (Å²) in [7, 11) is 0. The van der Waals surface area contributed by atoms with Gasteiger partial charge in [0, 0.05) is 11.8 Å². The van der Waals surface area contributed by atoms with Crippen LogP contribution in [0.5, 0.6) is 0 Å². The zero-order valence-electron chi connectivity index (χ0n) is 29.7. The average molecular weight is 619 g/mol. The Morgan fingerprint density at radius 3 is 1.36 bits per heavy atom. The van der Waals surface area contributed by atoms with Crippen LogP contribution in [0.2, 0.25) is 0 Å². The Bertz CT molecular complexity index is 1110. The van der Waals surface area contributed by atoms with Crippen molar-refractivity contribution in [3.63, 3.8) is 0 Å². The van der Waals surface area contributed by atoms with Gasteiger partial charge in [-0.25, -0.2) is 0 Å². The fourth-order valence-corrected chi connectivity index (χ4v) is 9.57. The highest BCUT2D eigenvalue weighted by Crippen LogP contribution is 2.61. The summed E-state index contributed by atoms with van der Waals surface area (Å²) in [5, 5.41) is 0. The minimum atomic E-state index is -0.674. The molecule has 4 rings (SSSR count). The number of esters is 2. The molecular weight excluding hydrogens is 556 g/mol. The van der Waals surface area contributed by atoms with Crippen molar-refractivity contribution >= 4 is 11.9 Å². The van der Waals surface area contributed by atoms with Gasteiger partial charge in [-0.1, -0.05) is 142 Å². The van der Waals surface area contributed by atoms with Gasteiger partial charge in [0.2, 0.25) is 0 Å². The maximum Gasteiger partial charge on any atom is 0.311 e. The van der Waals surface area contributed by atoms with Crippen LogP contribution in [0, 0.1) is 40.9 Å². The van der Waals surface area contributed by atoms with Crippen molar-refractivity contribution in [2.75, 3.05) is 0 Å². The lowest BCUT2D eigenvalue weighted by Crippen LogP contribution is -2.48. The van der Waals surface area contributed by atoms with Crippen LogP contribution in [0.15, 0.2) is 59.8 Å². The lowest BCUT2D eigenvalue weighted by atomic mass is 9.71. The molecule has 1 saturated carbocycles. The molecule has 0 N–H and O–H groups in total. The third-order valence-corrected chi connectivity index (χ3v) is 11.5. The maximum absolute atomic E-state index is 14.7. The van der Waals surface area contributed by atoms with Gasteiger partial charge >= 0.3 is 11.9 Å². The highest BCUT2D eigenvalue weighted by atomic mass is 16.6.